The molecule has 0 N–H and O–H groups in total. The van der Waals surface area contributed by atoms with Gasteiger partial charge in [0.05, 0.1) is 7.11 Å². The van der Waals surface area contributed by atoms with E-state index in [1.54, 1.807) is 6.07 Å². The van der Waals surface area contributed by atoms with Crippen LogP contribution < -0.4 is 4.74 Å². The van der Waals surface area contributed by atoms with Gasteiger partial charge in [0.15, 0.2) is 17.3 Å². The fraction of sp³-hybridized carbons (Fsp3) is 0.533. The second-order valence-corrected chi connectivity index (χ2v) is 5.30. The Hall–Kier alpha value is -1.38. The Morgan fingerprint density at radius 2 is 1.94 bits per heavy atom. The lowest BCUT2D eigenvalue weighted by molar-refractivity contribution is 0.0749. The van der Waals surface area contributed by atoms with Crippen molar-refractivity contribution in [1.82, 2.24) is 0 Å². The number of hydrogen-bond donors (Lipinski definition) is 0. The highest BCUT2D eigenvalue weighted by Crippen LogP contribution is 2.39. The predicted octanol–water partition coefficient (Wildman–Crippen LogP) is 3.99. The van der Waals surface area contributed by atoms with Gasteiger partial charge in [-0.2, -0.15) is 0 Å². The van der Waals surface area contributed by atoms with Crippen LogP contribution in [-0.4, -0.2) is 12.9 Å². The molecule has 18 heavy (non-hydrogen) atoms. The first-order chi connectivity index (χ1) is 8.57. The molecule has 2 nitrogen and oxygen atoms in total. The molecule has 0 saturated heterocycles. The monoisotopic (exact) mass is 250 g/mol. The number of Topliss-reactive ketones (excluding diaryl/α,β-unsaturated/α-hetero) is 1. The minimum atomic E-state index is -0.470. The number of rotatable bonds is 3. The highest BCUT2D eigenvalue weighted by Gasteiger charge is 2.35. The first kappa shape index (κ1) is 13.1. The topological polar surface area (TPSA) is 26.3 Å². The second-order valence-electron chi connectivity index (χ2n) is 5.30. The van der Waals surface area contributed by atoms with Crippen molar-refractivity contribution >= 4 is 5.78 Å². The molecule has 1 aliphatic carbocycles. The highest BCUT2D eigenvalue weighted by molar-refractivity contribution is 6.00. The molecule has 0 heterocycles. The Bertz CT molecular complexity index is 448. The average Bonchev–Trinajstić information content (AvgIpc) is 2.38. The normalized spacial score (nSPS) is 18.4. The fourth-order valence-electron chi connectivity index (χ4n) is 2.72. The van der Waals surface area contributed by atoms with E-state index in [0.29, 0.717) is 5.56 Å². The largest absolute Gasteiger partial charge is 0.494 e. The quantitative estimate of drug-likeness (QED) is 0.758. The van der Waals surface area contributed by atoms with Crippen LogP contribution in [0.4, 0.5) is 4.39 Å². The molecule has 1 aromatic carbocycles. The van der Waals surface area contributed by atoms with Crippen LogP contribution in [0.3, 0.4) is 0 Å². The van der Waals surface area contributed by atoms with Crippen LogP contribution in [0.2, 0.25) is 0 Å². The number of methoxy groups -OCH3 is 1. The van der Waals surface area contributed by atoms with Crippen molar-refractivity contribution in [2.45, 2.75) is 39.0 Å². The molecule has 1 fully saturated rings. The highest BCUT2D eigenvalue weighted by atomic mass is 19.1. The zero-order valence-electron chi connectivity index (χ0n) is 11.0. The van der Waals surface area contributed by atoms with Gasteiger partial charge in [-0.3, -0.25) is 4.79 Å². The van der Waals surface area contributed by atoms with Crippen LogP contribution in [0.5, 0.6) is 5.75 Å². The Labute approximate surface area is 107 Å². The maximum atomic E-state index is 13.6. The third-order valence-electron chi connectivity index (χ3n) is 3.92. The smallest absolute Gasteiger partial charge is 0.168 e. The van der Waals surface area contributed by atoms with E-state index in [1.165, 1.54) is 25.7 Å². The summed E-state index contributed by atoms with van der Waals surface area (Å²) in [6, 6.07) is 4.47. The van der Waals surface area contributed by atoms with Gasteiger partial charge in [-0.05, 0) is 31.0 Å². The molecule has 3 heteroatoms. The van der Waals surface area contributed by atoms with E-state index in [1.807, 2.05) is 6.92 Å². The van der Waals surface area contributed by atoms with E-state index >= 15 is 0 Å². The summed E-state index contributed by atoms with van der Waals surface area (Å²) in [6.45, 7) is 2.00. The molecule has 0 atom stereocenters. The lowest BCUT2D eigenvalue weighted by atomic mass is 9.71. The summed E-state index contributed by atoms with van der Waals surface area (Å²) in [7, 11) is 1.42. The lowest BCUT2D eigenvalue weighted by Crippen LogP contribution is -2.30. The summed E-state index contributed by atoms with van der Waals surface area (Å²) in [5.74, 6) is -0.230. The number of carbonyl (C=O) groups excluding carboxylic acids is 1. The minimum absolute atomic E-state index is 0.0590. The third-order valence-corrected chi connectivity index (χ3v) is 3.92. The van der Waals surface area contributed by atoms with Gasteiger partial charge in [0, 0.05) is 11.0 Å². The Kier molecular flexibility index (Phi) is 3.69. The van der Waals surface area contributed by atoms with Crippen LogP contribution in [0.1, 0.15) is 49.4 Å². The summed E-state index contributed by atoms with van der Waals surface area (Å²) in [5.41, 5.74) is 0.136. The van der Waals surface area contributed by atoms with Gasteiger partial charge in [0.25, 0.3) is 0 Å². The number of hydrogen-bond acceptors (Lipinski definition) is 2. The van der Waals surface area contributed by atoms with E-state index < -0.39 is 5.82 Å². The van der Waals surface area contributed by atoms with E-state index in [0.717, 1.165) is 25.7 Å². The molecule has 1 aliphatic rings. The molecule has 0 bridgehead atoms. The minimum Gasteiger partial charge on any atom is -0.494 e. The van der Waals surface area contributed by atoms with E-state index in [9.17, 15) is 9.18 Å². The predicted molar refractivity (Wildman–Crippen MR) is 68.5 cm³/mol. The maximum absolute atomic E-state index is 13.6. The van der Waals surface area contributed by atoms with Crippen molar-refractivity contribution in [3.05, 3.63) is 29.6 Å². The molecule has 0 aliphatic heterocycles. The van der Waals surface area contributed by atoms with E-state index in [-0.39, 0.29) is 16.9 Å². The Morgan fingerprint density at radius 1 is 1.28 bits per heavy atom. The lowest BCUT2D eigenvalue weighted by Gasteiger charge is -2.32. The molecule has 0 aromatic heterocycles. The van der Waals surface area contributed by atoms with Crippen molar-refractivity contribution < 1.29 is 13.9 Å². The standard InChI is InChI=1S/C15H19FO2/c1-15(8-4-3-5-9-15)14(17)11-6-7-13(18-2)12(16)10-11/h6-7,10H,3-5,8-9H2,1-2H3. The summed E-state index contributed by atoms with van der Waals surface area (Å²) < 4.78 is 18.5. The van der Waals surface area contributed by atoms with Crippen molar-refractivity contribution in [2.75, 3.05) is 7.11 Å². The molecular weight excluding hydrogens is 231 g/mol. The summed E-state index contributed by atoms with van der Waals surface area (Å²) in [6.07, 6.45) is 5.17. The van der Waals surface area contributed by atoms with Crippen molar-refractivity contribution in [3.63, 3.8) is 0 Å². The first-order valence-electron chi connectivity index (χ1n) is 6.45. The van der Waals surface area contributed by atoms with Gasteiger partial charge in [-0.25, -0.2) is 4.39 Å². The van der Waals surface area contributed by atoms with Gasteiger partial charge in [-0.15, -0.1) is 0 Å². The third kappa shape index (κ3) is 2.40. The van der Waals surface area contributed by atoms with Crippen molar-refractivity contribution in [3.8, 4) is 5.75 Å². The number of ketones is 1. The zero-order valence-corrected chi connectivity index (χ0v) is 11.0. The molecule has 2 rings (SSSR count). The van der Waals surface area contributed by atoms with Crippen LogP contribution in [0.25, 0.3) is 0 Å². The second kappa shape index (κ2) is 5.09. The number of benzene rings is 1. The summed E-state index contributed by atoms with van der Waals surface area (Å²) in [4.78, 5) is 12.5. The molecular formula is C15H19FO2. The van der Waals surface area contributed by atoms with Gasteiger partial charge < -0.3 is 4.74 Å². The first-order valence-corrected chi connectivity index (χ1v) is 6.45. The van der Waals surface area contributed by atoms with Gasteiger partial charge in [0.2, 0.25) is 0 Å². The number of ether oxygens (including phenoxy) is 1. The molecule has 0 unspecified atom stereocenters. The molecule has 0 spiro atoms. The van der Waals surface area contributed by atoms with E-state index in [2.05, 4.69) is 0 Å². The molecule has 1 saturated carbocycles. The Balaban J connectivity index is 2.25. The molecule has 0 radical (unpaired) electrons. The summed E-state index contributed by atoms with van der Waals surface area (Å²) >= 11 is 0. The van der Waals surface area contributed by atoms with Crippen molar-refractivity contribution in [2.24, 2.45) is 5.41 Å². The zero-order chi connectivity index (χ0) is 13.2. The molecule has 1 aromatic rings. The van der Waals surface area contributed by atoms with Gasteiger partial charge in [-0.1, -0.05) is 26.2 Å². The summed E-state index contributed by atoms with van der Waals surface area (Å²) in [5, 5.41) is 0. The van der Waals surface area contributed by atoms with Crippen LogP contribution >= 0.6 is 0 Å². The van der Waals surface area contributed by atoms with Gasteiger partial charge in [0.1, 0.15) is 0 Å². The van der Waals surface area contributed by atoms with Crippen LogP contribution in [-0.2, 0) is 0 Å². The van der Waals surface area contributed by atoms with E-state index in [4.69, 9.17) is 4.74 Å². The van der Waals surface area contributed by atoms with Crippen LogP contribution in [0.15, 0.2) is 18.2 Å². The molecule has 0 amide bonds. The van der Waals surface area contributed by atoms with Crippen LogP contribution in [0, 0.1) is 11.2 Å². The average molecular weight is 250 g/mol. The Morgan fingerprint density at radius 3 is 2.50 bits per heavy atom. The fourth-order valence-corrected chi connectivity index (χ4v) is 2.72. The number of carbonyl (C=O) groups is 1. The number of halogens is 1. The SMILES string of the molecule is COc1ccc(C(=O)C2(C)CCCCC2)cc1F. The maximum Gasteiger partial charge on any atom is 0.168 e. The van der Waals surface area contributed by atoms with Gasteiger partial charge >= 0.3 is 0 Å². The molecule has 98 valence electrons. The van der Waals surface area contributed by atoms with Crippen molar-refractivity contribution in [1.29, 1.82) is 0 Å².